The first-order valence-corrected chi connectivity index (χ1v) is 13.3. The van der Waals surface area contributed by atoms with E-state index < -0.39 is 23.3 Å². The van der Waals surface area contributed by atoms with Gasteiger partial charge in [-0.25, -0.2) is 18.6 Å². The fraction of sp³-hybridized carbons (Fsp3) is 0.333. The van der Waals surface area contributed by atoms with Gasteiger partial charge in [-0.1, -0.05) is 0 Å². The van der Waals surface area contributed by atoms with Crippen molar-refractivity contribution in [3.8, 4) is 28.4 Å². The number of pyridine rings is 1. The molecular weight excluding hydrogens is 546 g/mol. The summed E-state index contributed by atoms with van der Waals surface area (Å²) >= 11 is 0. The molecule has 12 heteroatoms. The number of nitrogens with zero attached hydrogens (tertiary/aromatic N) is 5. The Morgan fingerprint density at radius 3 is 2.26 bits per heavy atom. The molecule has 0 aliphatic carbocycles. The van der Waals surface area contributed by atoms with E-state index in [0.717, 1.165) is 31.4 Å². The predicted octanol–water partition coefficient (Wildman–Crippen LogP) is 5.12. The van der Waals surface area contributed by atoms with Gasteiger partial charge in [-0.3, -0.25) is 20.2 Å². The summed E-state index contributed by atoms with van der Waals surface area (Å²) in [5, 5.41) is 2.66. The molecule has 2 aromatic heterocycles. The second-order valence-corrected chi connectivity index (χ2v) is 10.7. The molecule has 0 spiro atoms. The van der Waals surface area contributed by atoms with E-state index in [1.165, 1.54) is 38.7 Å². The minimum atomic E-state index is -0.929. The number of piperazine rings is 1. The van der Waals surface area contributed by atoms with E-state index in [0.29, 0.717) is 12.2 Å². The molecule has 0 saturated carbocycles. The molecule has 10 nitrogen and oxygen atoms in total. The smallest absolute Gasteiger partial charge is 0.417 e. The lowest BCUT2D eigenvalue weighted by atomic mass is 9.99. The Balaban J connectivity index is 1.35. The van der Waals surface area contributed by atoms with E-state index in [4.69, 9.17) is 14.2 Å². The molecular formula is C30H32F2N6O4. The number of carbonyl (C=O) groups excluding carboxylic acids is 1. The molecule has 1 fully saturated rings. The SMILES string of the molecule is COc1cc(OC)c(F)c(-c2ccc(OC(=O)Nc3ccc(CN4CCN(C)CC4(C)C)nc3)c3nccnc23)c1F. The maximum absolute atomic E-state index is 15.3. The predicted molar refractivity (Wildman–Crippen MR) is 154 cm³/mol. The number of rotatable bonds is 7. The number of halogens is 2. The van der Waals surface area contributed by atoms with Gasteiger partial charge in [0.1, 0.15) is 11.0 Å². The van der Waals surface area contributed by atoms with E-state index in [-0.39, 0.29) is 39.4 Å². The van der Waals surface area contributed by atoms with Crippen LogP contribution in [0.3, 0.4) is 0 Å². The van der Waals surface area contributed by atoms with Crippen LogP contribution in [-0.4, -0.2) is 77.3 Å². The van der Waals surface area contributed by atoms with Crippen molar-refractivity contribution in [1.29, 1.82) is 0 Å². The summed E-state index contributed by atoms with van der Waals surface area (Å²) in [5.41, 5.74) is 1.29. The Morgan fingerprint density at radius 1 is 0.952 bits per heavy atom. The van der Waals surface area contributed by atoms with Crippen LogP contribution in [0.1, 0.15) is 19.5 Å². The molecule has 3 heterocycles. The molecule has 5 rings (SSSR count). The van der Waals surface area contributed by atoms with Crippen molar-refractivity contribution in [3.63, 3.8) is 0 Å². The van der Waals surface area contributed by atoms with Crippen molar-refractivity contribution in [1.82, 2.24) is 24.8 Å². The zero-order valence-electron chi connectivity index (χ0n) is 24.1. The lowest BCUT2D eigenvalue weighted by Gasteiger charge is -2.46. The number of ether oxygens (including phenoxy) is 3. The Bertz CT molecular complexity index is 1590. The highest BCUT2D eigenvalue weighted by Gasteiger charge is 2.32. The fourth-order valence-corrected chi connectivity index (χ4v) is 5.20. The molecule has 4 aromatic rings. The Labute approximate surface area is 242 Å². The summed E-state index contributed by atoms with van der Waals surface area (Å²) < 4.78 is 46.2. The molecule has 0 radical (unpaired) electrons. The van der Waals surface area contributed by atoms with Crippen LogP contribution >= 0.6 is 0 Å². The third-order valence-electron chi connectivity index (χ3n) is 7.32. The lowest BCUT2D eigenvalue weighted by molar-refractivity contribution is 0.0245. The van der Waals surface area contributed by atoms with E-state index in [1.807, 2.05) is 6.07 Å². The monoisotopic (exact) mass is 578 g/mol. The van der Waals surface area contributed by atoms with E-state index in [1.54, 1.807) is 12.3 Å². The number of hydrogen-bond acceptors (Lipinski definition) is 9. The Kier molecular flexibility index (Phi) is 8.19. The van der Waals surface area contributed by atoms with Gasteiger partial charge in [-0.15, -0.1) is 0 Å². The van der Waals surface area contributed by atoms with E-state index in [9.17, 15) is 4.79 Å². The van der Waals surface area contributed by atoms with Gasteiger partial charge in [0.25, 0.3) is 0 Å². The number of fused-ring (bicyclic) bond motifs is 1. The average molecular weight is 579 g/mol. The summed E-state index contributed by atoms with van der Waals surface area (Å²) in [6.45, 7) is 8.04. The van der Waals surface area contributed by atoms with Gasteiger partial charge >= 0.3 is 6.09 Å². The number of hydrogen-bond donors (Lipinski definition) is 1. The zero-order chi connectivity index (χ0) is 30.0. The lowest BCUT2D eigenvalue weighted by Crippen LogP contribution is -2.57. The number of benzene rings is 2. The molecule has 1 N–H and O–H groups in total. The minimum absolute atomic E-state index is 0.0206. The number of nitrogens with one attached hydrogen (secondary N) is 1. The van der Waals surface area contributed by atoms with Crippen LogP contribution in [0, 0.1) is 11.6 Å². The van der Waals surface area contributed by atoms with E-state index >= 15 is 8.78 Å². The number of amides is 1. The van der Waals surface area contributed by atoms with Crippen molar-refractivity contribution >= 4 is 22.8 Å². The van der Waals surface area contributed by atoms with Gasteiger partial charge in [0.05, 0.1) is 37.4 Å². The molecule has 0 bridgehead atoms. The standard InChI is InChI=1S/C30H32F2N6O4/c1-30(2)17-37(3)12-13-38(30)16-19-7-6-18(15-35-19)36-29(39)42-21-9-8-20(27-28(21)34-11-10-33-27)24-25(31)22(40-4)14-23(41-5)26(24)32/h6-11,14-15H,12-13,16-17H2,1-5H3,(H,36,39). The number of likely N-dealkylation sites (N-methyl/N-ethyl adjacent to an activating group) is 1. The first-order chi connectivity index (χ1) is 20.1. The summed E-state index contributed by atoms with van der Waals surface area (Å²) in [7, 11) is 4.66. The molecule has 0 atom stereocenters. The van der Waals surface area contributed by atoms with Crippen molar-refractivity contribution in [2.24, 2.45) is 0 Å². The summed E-state index contributed by atoms with van der Waals surface area (Å²) in [6.07, 6.45) is 3.55. The average Bonchev–Trinajstić information content (AvgIpc) is 2.96. The number of carbonyl (C=O) groups is 1. The Morgan fingerprint density at radius 2 is 1.64 bits per heavy atom. The van der Waals surface area contributed by atoms with Gasteiger partial charge in [0, 0.05) is 55.7 Å². The van der Waals surface area contributed by atoms with Crippen molar-refractivity contribution in [2.75, 3.05) is 46.2 Å². The van der Waals surface area contributed by atoms with Gasteiger partial charge in [0.2, 0.25) is 0 Å². The molecule has 42 heavy (non-hydrogen) atoms. The molecule has 220 valence electrons. The largest absolute Gasteiger partial charge is 0.494 e. The van der Waals surface area contributed by atoms with Crippen molar-refractivity contribution in [2.45, 2.75) is 25.9 Å². The molecule has 1 saturated heterocycles. The molecule has 0 unspecified atom stereocenters. The maximum Gasteiger partial charge on any atom is 0.417 e. The summed E-state index contributed by atoms with van der Waals surface area (Å²) in [5.74, 6) is -2.21. The van der Waals surface area contributed by atoms with Crippen molar-refractivity contribution in [3.05, 3.63) is 66.3 Å². The highest BCUT2D eigenvalue weighted by Crippen LogP contribution is 2.41. The minimum Gasteiger partial charge on any atom is -0.494 e. The Hall–Kier alpha value is -4.42. The van der Waals surface area contributed by atoms with Gasteiger partial charge in [0.15, 0.2) is 28.9 Å². The molecule has 1 aliphatic heterocycles. The third kappa shape index (κ3) is 5.81. The number of anilines is 1. The summed E-state index contributed by atoms with van der Waals surface area (Å²) in [4.78, 5) is 30.6. The third-order valence-corrected chi connectivity index (χ3v) is 7.32. The second-order valence-electron chi connectivity index (χ2n) is 10.7. The van der Waals surface area contributed by atoms with E-state index in [2.05, 4.69) is 51.0 Å². The first-order valence-electron chi connectivity index (χ1n) is 13.3. The highest BCUT2D eigenvalue weighted by molar-refractivity contribution is 5.97. The zero-order valence-corrected chi connectivity index (χ0v) is 24.1. The topological polar surface area (TPSA) is 102 Å². The van der Waals surface area contributed by atoms with Crippen LogP contribution in [0.2, 0.25) is 0 Å². The van der Waals surface area contributed by atoms with Crippen LogP contribution in [0.25, 0.3) is 22.2 Å². The van der Waals surface area contributed by atoms with Crippen LogP contribution in [0.15, 0.2) is 48.9 Å². The van der Waals surface area contributed by atoms with Gasteiger partial charge < -0.3 is 19.1 Å². The van der Waals surface area contributed by atoms with Crippen LogP contribution in [0.4, 0.5) is 19.3 Å². The quantitative estimate of drug-likeness (QED) is 0.320. The van der Waals surface area contributed by atoms with Crippen LogP contribution < -0.4 is 19.5 Å². The molecule has 1 aliphatic rings. The fourth-order valence-electron chi connectivity index (χ4n) is 5.20. The number of aromatic nitrogens is 3. The van der Waals surface area contributed by atoms with Crippen LogP contribution in [0.5, 0.6) is 17.2 Å². The van der Waals surface area contributed by atoms with Crippen molar-refractivity contribution < 1.29 is 27.8 Å². The highest BCUT2D eigenvalue weighted by atomic mass is 19.1. The first kappa shape index (κ1) is 29.1. The molecule has 1 amide bonds. The maximum atomic E-state index is 15.3. The number of methoxy groups -OCH3 is 2. The molecule has 2 aromatic carbocycles. The van der Waals surface area contributed by atoms with Gasteiger partial charge in [-0.05, 0) is 45.2 Å². The van der Waals surface area contributed by atoms with Gasteiger partial charge in [-0.2, -0.15) is 0 Å². The normalized spacial score (nSPS) is 15.4. The second kappa shape index (κ2) is 11.8. The summed E-state index contributed by atoms with van der Waals surface area (Å²) in [6, 6.07) is 7.55. The van der Waals surface area contributed by atoms with Crippen LogP contribution in [-0.2, 0) is 6.54 Å².